The zero-order chi connectivity index (χ0) is 34.4. The predicted octanol–water partition coefficient (Wildman–Crippen LogP) is 12.3. The van der Waals surface area contributed by atoms with Gasteiger partial charge in [0, 0.05) is 18.4 Å². The zero-order valence-corrected chi connectivity index (χ0v) is 28.4. The summed E-state index contributed by atoms with van der Waals surface area (Å²) in [4.78, 5) is 0. The second-order valence-electron chi connectivity index (χ2n) is 13.0. The average molecular weight is 651 g/mol. The summed E-state index contributed by atoms with van der Waals surface area (Å²) in [6.45, 7) is 5.63. The van der Waals surface area contributed by atoms with Gasteiger partial charge in [-0.25, -0.2) is 13.2 Å². The fourth-order valence-electron chi connectivity index (χ4n) is 6.31. The summed E-state index contributed by atoms with van der Waals surface area (Å²) < 4.78 is 42.9. The predicted molar refractivity (Wildman–Crippen MR) is 199 cm³/mol. The van der Waals surface area contributed by atoms with Crippen molar-refractivity contribution in [1.82, 2.24) is 0 Å². The Labute approximate surface area is 288 Å². The first-order chi connectivity index (χ1) is 23.7. The molecule has 0 radical (unpaired) electrons. The molecule has 246 valence electrons. The first kappa shape index (κ1) is 33.8. The van der Waals surface area contributed by atoms with Gasteiger partial charge in [0.2, 0.25) is 0 Å². The number of benzene rings is 6. The van der Waals surface area contributed by atoms with Crippen molar-refractivity contribution >= 4 is 10.8 Å². The minimum absolute atomic E-state index is 0.162. The van der Waals surface area contributed by atoms with Crippen molar-refractivity contribution in [2.45, 2.75) is 65.2 Å². The SMILES string of the molecule is CCCc1ccc(CCc2cc(C)c(C#Cc3ccc(-c4ccc(-c5ccc6cc(CC(F)(F)CC)ccc6c5)cc4)cc3)c(F)c2)cc1. The standard InChI is InChI=1S/C46H41F3/c1-4-6-33-7-9-34(10-8-33)11-12-36-27-32(3)44(45(47)29-36)26-16-35-13-17-38(18-14-35)39-20-22-40(23-21-39)42-25-24-41-28-37(15-19-43(41)30-42)31-46(48,49)5-2/h7-10,13-15,17-25,27-30H,4-6,11-12,31H2,1-3H3. The van der Waals surface area contributed by atoms with Crippen molar-refractivity contribution in [3.63, 3.8) is 0 Å². The lowest BCUT2D eigenvalue weighted by Gasteiger charge is -2.14. The van der Waals surface area contributed by atoms with Crippen LogP contribution >= 0.6 is 0 Å². The molecule has 0 saturated heterocycles. The summed E-state index contributed by atoms with van der Waals surface area (Å²) in [5, 5.41) is 1.99. The van der Waals surface area contributed by atoms with Crippen LogP contribution < -0.4 is 0 Å². The van der Waals surface area contributed by atoms with Gasteiger partial charge in [0.15, 0.2) is 0 Å². The number of hydrogen-bond acceptors (Lipinski definition) is 0. The van der Waals surface area contributed by atoms with Crippen LogP contribution in [-0.4, -0.2) is 5.92 Å². The lowest BCUT2D eigenvalue weighted by atomic mass is 9.96. The summed E-state index contributed by atoms with van der Waals surface area (Å²) in [5.74, 6) is 3.26. The van der Waals surface area contributed by atoms with Gasteiger partial charge in [-0.05, 0) is 111 Å². The third kappa shape index (κ3) is 8.51. The summed E-state index contributed by atoms with van der Waals surface area (Å²) in [5.41, 5.74) is 10.7. The molecule has 3 heteroatoms. The zero-order valence-electron chi connectivity index (χ0n) is 28.4. The molecule has 0 amide bonds. The van der Waals surface area contributed by atoms with Gasteiger partial charge in [-0.2, -0.15) is 0 Å². The van der Waals surface area contributed by atoms with Crippen molar-refractivity contribution in [1.29, 1.82) is 0 Å². The summed E-state index contributed by atoms with van der Waals surface area (Å²) >= 11 is 0. The maximum Gasteiger partial charge on any atom is 0.251 e. The minimum atomic E-state index is -2.68. The summed E-state index contributed by atoms with van der Waals surface area (Å²) in [7, 11) is 0. The van der Waals surface area contributed by atoms with Gasteiger partial charge < -0.3 is 0 Å². The molecule has 0 atom stereocenters. The third-order valence-electron chi connectivity index (χ3n) is 9.26. The smallest absolute Gasteiger partial charge is 0.207 e. The monoisotopic (exact) mass is 650 g/mol. The van der Waals surface area contributed by atoms with Crippen LogP contribution in [0, 0.1) is 24.6 Å². The van der Waals surface area contributed by atoms with Crippen LogP contribution in [0.25, 0.3) is 33.0 Å². The van der Waals surface area contributed by atoms with Crippen LogP contribution in [-0.2, 0) is 25.7 Å². The molecule has 0 saturated carbocycles. The minimum Gasteiger partial charge on any atom is -0.207 e. The molecular weight excluding hydrogens is 610 g/mol. The molecule has 6 aromatic carbocycles. The van der Waals surface area contributed by atoms with Crippen LogP contribution in [0.3, 0.4) is 0 Å². The van der Waals surface area contributed by atoms with E-state index in [9.17, 15) is 8.78 Å². The molecule has 0 heterocycles. The maximum absolute atomic E-state index is 15.1. The second kappa shape index (κ2) is 15.0. The number of alkyl halides is 2. The number of hydrogen-bond donors (Lipinski definition) is 0. The fraction of sp³-hybridized carbons (Fsp3) is 0.217. The number of fused-ring (bicyclic) bond motifs is 1. The second-order valence-corrected chi connectivity index (χ2v) is 13.0. The Kier molecular flexibility index (Phi) is 10.4. The Balaban J connectivity index is 1.10. The van der Waals surface area contributed by atoms with Gasteiger partial charge in [0.05, 0.1) is 5.56 Å². The van der Waals surface area contributed by atoms with Crippen molar-refractivity contribution in [2.75, 3.05) is 0 Å². The number of rotatable bonds is 10. The Morgan fingerprint density at radius 1 is 0.531 bits per heavy atom. The normalized spacial score (nSPS) is 11.4. The van der Waals surface area contributed by atoms with E-state index in [1.165, 1.54) is 18.1 Å². The summed E-state index contributed by atoms with van der Waals surface area (Å²) in [6.07, 6.45) is 3.50. The Hall–Kier alpha value is -5.07. The first-order valence-electron chi connectivity index (χ1n) is 17.2. The first-order valence-corrected chi connectivity index (χ1v) is 17.2. The highest BCUT2D eigenvalue weighted by atomic mass is 19.3. The fourth-order valence-corrected chi connectivity index (χ4v) is 6.31. The molecule has 0 aliphatic rings. The van der Waals surface area contributed by atoms with Gasteiger partial charge in [-0.15, -0.1) is 0 Å². The Bertz CT molecular complexity index is 2090. The summed E-state index contributed by atoms with van der Waals surface area (Å²) in [6, 6.07) is 40.6. The highest BCUT2D eigenvalue weighted by Crippen LogP contribution is 2.30. The molecule has 0 aromatic heterocycles. The third-order valence-corrected chi connectivity index (χ3v) is 9.26. The quantitative estimate of drug-likeness (QED) is 0.129. The van der Waals surface area contributed by atoms with Crippen LogP contribution in [0.4, 0.5) is 13.2 Å². The molecule has 0 nitrogen and oxygen atoms in total. The van der Waals surface area contributed by atoms with E-state index in [1.807, 2.05) is 55.5 Å². The van der Waals surface area contributed by atoms with Gasteiger partial charge in [0.1, 0.15) is 5.82 Å². The van der Waals surface area contributed by atoms with Crippen molar-refractivity contribution < 1.29 is 13.2 Å². The van der Waals surface area contributed by atoms with Gasteiger partial charge in [0.25, 0.3) is 5.92 Å². The Morgan fingerprint density at radius 3 is 1.69 bits per heavy atom. The molecule has 6 rings (SSSR count). The van der Waals surface area contributed by atoms with E-state index in [4.69, 9.17) is 0 Å². The van der Waals surface area contributed by atoms with E-state index < -0.39 is 5.92 Å². The number of aryl methyl sites for hydroxylation is 4. The lowest BCUT2D eigenvalue weighted by Crippen LogP contribution is -2.17. The molecule has 0 unspecified atom stereocenters. The van der Waals surface area contributed by atoms with E-state index >= 15 is 4.39 Å². The van der Waals surface area contributed by atoms with Gasteiger partial charge in [-0.1, -0.05) is 129 Å². The highest BCUT2D eigenvalue weighted by Gasteiger charge is 2.26. The topological polar surface area (TPSA) is 0 Å². The molecule has 0 spiro atoms. The van der Waals surface area contributed by atoms with E-state index in [0.717, 1.165) is 75.4 Å². The molecular formula is C46H41F3. The molecule has 49 heavy (non-hydrogen) atoms. The Morgan fingerprint density at radius 2 is 1.06 bits per heavy atom. The van der Waals surface area contributed by atoms with Gasteiger partial charge in [-0.3, -0.25) is 0 Å². The van der Waals surface area contributed by atoms with Crippen molar-refractivity contribution in [3.05, 3.63) is 166 Å². The molecule has 0 aliphatic heterocycles. The highest BCUT2D eigenvalue weighted by molar-refractivity contribution is 5.88. The van der Waals surface area contributed by atoms with E-state index in [0.29, 0.717) is 11.1 Å². The van der Waals surface area contributed by atoms with E-state index in [1.54, 1.807) is 12.1 Å². The molecule has 0 aliphatic carbocycles. The largest absolute Gasteiger partial charge is 0.251 e. The van der Waals surface area contributed by atoms with E-state index in [-0.39, 0.29) is 18.7 Å². The lowest BCUT2D eigenvalue weighted by molar-refractivity contribution is -0.00216. The van der Waals surface area contributed by atoms with Crippen LogP contribution in [0.2, 0.25) is 0 Å². The molecule has 6 aromatic rings. The van der Waals surface area contributed by atoms with Crippen LogP contribution in [0.5, 0.6) is 0 Å². The van der Waals surface area contributed by atoms with Crippen molar-refractivity contribution in [2.24, 2.45) is 0 Å². The number of halogens is 3. The average Bonchev–Trinajstić information content (AvgIpc) is 3.11. The molecule has 0 bridgehead atoms. The van der Waals surface area contributed by atoms with E-state index in [2.05, 4.69) is 79.4 Å². The maximum atomic E-state index is 15.1. The van der Waals surface area contributed by atoms with Crippen LogP contribution in [0.15, 0.2) is 121 Å². The molecule has 0 fully saturated rings. The van der Waals surface area contributed by atoms with Crippen LogP contribution in [0.1, 0.15) is 65.6 Å². The molecule has 0 N–H and O–H groups in total. The van der Waals surface area contributed by atoms with Crippen molar-refractivity contribution in [3.8, 4) is 34.1 Å². The van der Waals surface area contributed by atoms with Gasteiger partial charge >= 0.3 is 0 Å².